The number of likely N-dealkylation sites (tertiary alicyclic amines) is 1. The summed E-state index contributed by atoms with van der Waals surface area (Å²) in [6.07, 6.45) is 3.64. The van der Waals surface area contributed by atoms with Gasteiger partial charge in [0.2, 0.25) is 11.2 Å². The molecule has 1 saturated heterocycles. The standard InChI is InChI=1S/C44H43NO7/c1-47-44-42(46)41-39(48-25-24-45-22-12-5-13-23-45)27-36(49-29-32-14-6-2-7-15-32)28-40(41)52-43(44)35-20-21-37(50-30-33-16-8-3-9-17-33)38(26-35)51-31-34-18-10-4-11-19-34/h2-4,6-11,14-21,26-28H,5,12-13,22-25,29-31H2,1H3. The normalized spacial score (nSPS) is 13.1. The average Bonchev–Trinajstić information content (AvgIpc) is 3.20. The summed E-state index contributed by atoms with van der Waals surface area (Å²) in [5, 5.41) is 0.301. The molecule has 0 bridgehead atoms. The quantitative estimate of drug-likeness (QED) is 0.105. The van der Waals surface area contributed by atoms with E-state index in [0.717, 1.165) is 36.3 Å². The minimum Gasteiger partial charge on any atom is -0.491 e. The molecule has 0 aliphatic carbocycles. The average molecular weight is 698 g/mol. The van der Waals surface area contributed by atoms with Gasteiger partial charge in [-0.25, -0.2) is 0 Å². The van der Waals surface area contributed by atoms with Crippen LogP contribution in [0.2, 0.25) is 0 Å². The molecule has 0 unspecified atom stereocenters. The highest BCUT2D eigenvalue weighted by atomic mass is 16.5. The molecule has 1 aliphatic heterocycles. The van der Waals surface area contributed by atoms with Crippen molar-refractivity contribution in [3.8, 4) is 40.1 Å². The van der Waals surface area contributed by atoms with Crippen LogP contribution in [0.5, 0.6) is 28.7 Å². The van der Waals surface area contributed by atoms with Gasteiger partial charge < -0.3 is 28.1 Å². The Hall–Kier alpha value is -5.73. The van der Waals surface area contributed by atoms with E-state index < -0.39 is 0 Å². The zero-order valence-corrected chi connectivity index (χ0v) is 29.4. The first-order valence-corrected chi connectivity index (χ1v) is 17.8. The summed E-state index contributed by atoms with van der Waals surface area (Å²) in [4.78, 5) is 16.7. The van der Waals surface area contributed by atoms with Gasteiger partial charge >= 0.3 is 0 Å². The second-order valence-corrected chi connectivity index (χ2v) is 12.8. The minimum atomic E-state index is -0.336. The van der Waals surface area contributed by atoms with E-state index in [1.807, 2.05) is 109 Å². The van der Waals surface area contributed by atoms with E-state index in [-0.39, 0.29) is 16.9 Å². The van der Waals surface area contributed by atoms with Crippen molar-refractivity contribution in [3.05, 3.63) is 148 Å². The topological polar surface area (TPSA) is 79.6 Å². The lowest BCUT2D eigenvalue weighted by Crippen LogP contribution is -2.33. The van der Waals surface area contributed by atoms with E-state index in [1.165, 1.54) is 26.4 Å². The number of fused-ring (bicyclic) bond motifs is 1. The molecule has 0 radical (unpaired) electrons. The fourth-order valence-corrected chi connectivity index (χ4v) is 6.38. The lowest BCUT2D eigenvalue weighted by molar-refractivity contribution is 0.184. The summed E-state index contributed by atoms with van der Waals surface area (Å²) in [6, 6.07) is 38.8. The Bertz CT molecular complexity index is 2110. The fraction of sp³-hybridized carbons (Fsp3) is 0.250. The maximum Gasteiger partial charge on any atom is 0.239 e. The highest BCUT2D eigenvalue weighted by molar-refractivity contribution is 5.89. The number of rotatable bonds is 15. The number of benzene rings is 5. The zero-order valence-electron chi connectivity index (χ0n) is 29.4. The molecule has 7 rings (SSSR count). The molecule has 1 fully saturated rings. The lowest BCUT2D eigenvalue weighted by atomic mass is 10.1. The molecular weight excluding hydrogens is 654 g/mol. The molecule has 0 atom stereocenters. The van der Waals surface area contributed by atoms with Crippen LogP contribution in [0.3, 0.4) is 0 Å². The molecule has 0 N–H and O–H groups in total. The molecule has 1 aromatic heterocycles. The first-order chi connectivity index (χ1) is 25.6. The van der Waals surface area contributed by atoms with E-state index in [0.29, 0.717) is 66.0 Å². The van der Waals surface area contributed by atoms with Crippen molar-refractivity contribution < 1.29 is 28.1 Å². The molecule has 5 aromatic carbocycles. The van der Waals surface area contributed by atoms with Gasteiger partial charge in [-0.05, 0) is 60.8 Å². The number of hydrogen-bond acceptors (Lipinski definition) is 8. The largest absolute Gasteiger partial charge is 0.491 e. The van der Waals surface area contributed by atoms with E-state index in [9.17, 15) is 4.79 Å². The highest BCUT2D eigenvalue weighted by Crippen LogP contribution is 2.40. The van der Waals surface area contributed by atoms with Gasteiger partial charge in [0, 0.05) is 24.2 Å². The maximum absolute atomic E-state index is 14.3. The van der Waals surface area contributed by atoms with E-state index >= 15 is 0 Å². The maximum atomic E-state index is 14.3. The van der Waals surface area contributed by atoms with Crippen LogP contribution in [0.4, 0.5) is 0 Å². The van der Waals surface area contributed by atoms with Gasteiger partial charge in [0.15, 0.2) is 17.3 Å². The van der Waals surface area contributed by atoms with Gasteiger partial charge in [-0.3, -0.25) is 9.69 Å². The van der Waals surface area contributed by atoms with Crippen molar-refractivity contribution in [1.82, 2.24) is 4.90 Å². The SMILES string of the molecule is COc1c(-c2ccc(OCc3ccccc3)c(OCc3ccccc3)c2)oc2cc(OCc3ccccc3)cc(OCCN3CCCCC3)c2c1=O. The number of ether oxygens (including phenoxy) is 5. The summed E-state index contributed by atoms with van der Waals surface area (Å²) in [6.45, 7) is 4.33. The molecule has 0 saturated carbocycles. The van der Waals surface area contributed by atoms with Crippen LogP contribution in [-0.4, -0.2) is 38.3 Å². The Morgan fingerprint density at radius 1 is 0.615 bits per heavy atom. The molecule has 1 aliphatic rings. The van der Waals surface area contributed by atoms with E-state index in [1.54, 1.807) is 12.1 Å². The molecule has 2 heterocycles. The molecule has 0 spiro atoms. The van der Waals surface area contributed by atoms with Crippen molar-refractivity contribution in [2.45, 2.75) is 39.1 Å². The molecule has 266 valence electrons. The van der Waals surface area contributed by atoms with Crippen LogP contribution in [0.1, 0.15) is 36.0 Å². The second-order valence-electron chi connectivity index (χ2n) is 12.8. The van der Waals surface area contributed by atoms with Crippen LogP contribution < -0.4 is 29.1 Å². The van der Waals surface area contributed by atoms with Crippen LogP contribution in [0.15, 0.2) is 131 Å². The third kappa shape index (κ3) is 8.58. The third-order valence-corrected chi connectivity index (χ3v) is 9.14. The lowest BCUT2D eigenvalue weighted by Gasteiger charge is -2.26. The predicted octanol–water partition coefficient (Wildman–Crippen LogP) is 9.07. The minimum absolute atomic E-state index is 0.0679. The molecule has 6 aromatic rings. The smallest absolute Gasteiger partial charge is 0.239 e. The van der Waals surface area contributed by atoms with Crippen molar-refractivity contribution in [3.63, 3.8) is 0 Å². The number of methoxy groups -OCH3 is 1. The van der Waals surface area contributed by atoms with Gasteiger partial charge in [0.1, 0.15) is 48.9 Å². The molecule has 8 nitrogen and oxygen atoms in total. The predicted molar refractivity (Wildman–Crippen MR) is 203 cm³/mol. The molecular formula is C44H43NO7. The van der Waals surface area contributed by atoms with Crippen molar-refractivity contribution in [2.24, 2.45) is 0 Å². The third-order valence-electron chi connectivity index (χ3n) is 9.14. The Balaban J connectivity index is 1.25. The first-order valence-electron chi connectivity index (χ1n) is 17.8. The molecule has 8 heteroatoms. The molecule has 0 amide bonds. The fourth-order valence-electron chi connectivity index (χ4n) is 6.38. The number of nitrogens with zero attached hydrogens (tertiary/aromatic N) is 1. The van der Waals surface area contributed by atoms with E-state index in [2.05, 4.69) is 4.90 Å². The Kier molecular flexibility index (Phi) is 11.3. The Labute approximate surface area is 304 Å². The van der Waals surface area contributed by atoms with Gasteiger partial charge in [-0.1, -0.05) is 97.4 Å². The summed E-state index contributed by atoms with van der Waals surface area (Å²) < 4.78 is 37.5. The van der Waals surface area contributed by atoms with Crippen molar-refractivity contribution in [2.75, 3.05) is 33.4 Å². The number of hydrogen-bond donors (Lipinski definition) is 0. The Morgan fingerprint density at radius 3 is 1.83 bits per heavy atom. The van der Waals surface area contributed by atoms with Gasteiger partial charge in [-0.2, -0.15) is 0 Å². The second kappa shape index (κ2) is 17.0. The van der Waals surface area contributed by atoms with Crippen LogP contribution >= 0.6 is 0 Å². The monoisotopic (exact) mass is 697 g/mol. The van der Waals surface area contributed by atoms with E-state index in [4.69, 9.17) is 28.1 Å². The molecule has 52 heavy (non-hydrogen) atoms. The first kappa shape index (κ1) is 34.7. The van der Waals surface area contributed by atoms with Gasteiger partial charge in [-0.15, -0.1) is 0 Å². The van der Waals surface area contributed by atoms with Crippen molar-refractivity contribution >= 4 is 11.0 Å². The summed E-state index contributed by atoms with van der Waals surface area (Å²) in [7, 11) is 1.47. The summed E-state index contributed by atoms with van der Waals surface area (Å²) in [5.41, 5.74) is 3.64. The van der Waals surface area contributed by atoms with Gasteiger partial charge in [0.25, 0.3) is 0 Å². The van der Waals surface area contributed by atoms with Gasteiger partial charge in [0.05, 0.1) is 7.11 Å². The van der Waals surface area contributed by atoms with Crippen LogP contribution in [0.25, 0.3) is 22.3 Å². The number of piperidine rings is 1. The van der Waals surface area contributed by atoms with Crippen LogP contribution in [-0.2, 0) is 19.8 Å². The summed E-state index contributed by atoms with van der Waals surface area (Å²) >= 11 is 0. The van der Waals surface area contributed by atoms with Crippen molar-refractivity contribution in [1.29, 1.82) is 0 Å². The highest BCUT2D eigenvalue weighted by Gasteiger charge is 2.23. The zero-order chi connectivity index (χ0) is 35.5. The van der Waals surface area contributed by atoms with Crippen LogP contribution in [0, 0.1) is 0 Å². The Morgan fingerprint density at radius 2 is 1.21 bits per heavy atom. The summed E-state index contributed by atoms with van der Waals surface area (Å²) in [5.74, 6) is 2.32.